The second-order valence-corrected chi connectivity index (χ2v) is 3.75. The van der Waals surface area contributed by atoms with Crippen molar-refractivity contribution in [2.24, 2.45) is 11.7 Å². The quantitative estimate of drug-likeness (QED) is 0.296. The van der Waals surface area contributed by atoms with E-state index >= 15 is 0 Å². The molecule has 2 aromatic rings. The summed E-state index contributed by atoms with van der Waals surface area (Å²) in [5, 5.41) is 0. The average Bonchev–Trinajstić information content (AvgIpc) is 2.57. The minimum absolute atomic E-state index is 0.278. The number of Topliss-reactive ketones (excluding diaryl/α,β-unsaturated/α-hetero) is 1. The van der Waals surface area contributed by atoms with E-state index in [4.69, 9.17) is 16.5 Å². The van der Waals surface area contributed by atoms with E-state index in [9.17, 15) is 4.79 Å². The lowest BCUT2D eigenvalue weighted by Gasteiger charge is -1.94. The fourth-order valence-corrected chi connectivity index (χ4v) is 1.07. The molecular formula is C15H20N4O2. The summed E-state index contributed by atoms with van der Waals surface area (Å²) in [5.74, 6) is 9.77. The van der Waals surface area contributed by atoms with Gasteiger partial charge in [-0.15, -0.1) is 0 Å². The highest BCUT2D eigenvalue weighted by Crippen LogP contribution is 2.01. The predicted molar refractivity (Wildman–Crippen MR) is 85.2 cm³/mol. The number of para-hydroxylation sites is 2. The van der Waals surface area contributed by atoms with Crippen molar-refractivity contribution in [3.8, 4) is 0 Å². The predicted octanol–water partition coefficient (Wildman–Crippen LogP) is 1.72. The van der Waals surface area contributed by atoms with Crippen molar-refractivity contribution in [3.05, 3.63) is 60.7 Å². The fourth-order valence-electron chi connectivity index (χ4n) is 1.07. The van der Waals surface area contributed by atoms with Gasteiger partial charge >= 0.3 is 0 Å². The zero-order valence-corrected chi connectivity index (χ0v) is 11.8. The number of hydrogen-bond acceptors (Lipinski definition) is 6. The van der Waals surface area contributed by atoms with Crippen molar-refractivity contribution in [1.29, 1.82) is 0 Å². The van der Waals surface area contributed by atoms with Crippen molar-refractivity contribution in [1.82, 2.24) is 0 Å². The highest BCUT2D eigenvalue weighted by molar-refractivity contribution is 6.23. The van der Waals surface area contributed by atoms with E-state index < -0.39 is 5.78 Å². The molecule has 0 fully saturated rings. The number of rotatable bonds is 3. The molecule has 6 N–H and O–H groups in total. The highest BCUT2D eigenvalue weighted by atomic mass is 16.2. The Balaban J connectivity index is 0.000000296. The van der Waals surface area contributed by atoms with E-state index in [-0.39, 0.29) is 6.29 Å². The third-order valence-corrected chi connectivity index (χ3v) is 2.05. The van der Waals surface area contributed by atoms with Gasteiger partial charge in [-0.25, -0.2) is 0 Å². The van der Waals surface area contributed by atoms with Crippen LogP contribution in [0, 0.1) is 0 Å². The smallest absolute Gasteiger partial charge is 0.192 e. The number of aldehydes is 1. The van der Waals surface area contributed by atoms with Gasteiger partial charge in [0, 0.05) is 18.3 Å². The zero-order chi connectivity index (χ0) is 15.9. The molecule has 6 heteroatoms. The van der Waals surface area contributed by atoms with Gasteiger partial charge in [0.05, 0.1) is 0 Å². The molecule has 0 saturated heterocycles. The van der Waals surface area contributed by atoms with Crippen LogP contribution in [-0.2, 0) is 9.59 Å². The van der Waals surface area contributed by atoms with Crippen molar-refractivity contribution in [2.75, 3.05) is 10.9 Å². The average molecular weight is 288 g/mol. The van der Waals surface area contributed by atoms with Gasteiger partial charge in [0.1, 0.15) is 0 Å². The molecule has 21 heavy (non-hydrogen) atoms. The van der Waals surface area contributed by atoms with Crippen LogP contribution in [0.4, 0.5) is 11.4 Å². The molecule has 0 aliphatic heterocycles. The van der Waals surface area contributed by atoms with Crippen LogP contribution in [0.1, 0.15) is 6.92 Å². The van der Waals surface area contributed by atoms with Crippen LogP contribution in [0.15, 0.2) is 60.7 Å². The van der Waals surface area contributed by atoms with E-state index in [0.29, 0.717) is 0 Å². The lowest BCUT2D eigenvalue weighted by Crippen LogP contribution is -2.05. The maximum absolute atomic E-state index is 9.44. The van der Waals surface area contributed by atoms with Crippen molar-refractivity contribution in [3.63, 3.8) is 0 Å². The normalized spacial score (nSPS) is 8.14. The number of carbonyl (C=O) groups is 2. The Hall–Kier alpha value is -2.70. The molecule has 0 aliphatic carbocycles. The molecule has 0 unspecified atom stereocenters. The van der Waals surface area contributed by atoms with Crippen LogP contribution in [0.2, 0.25) is 0 Å². The first-order valence-corrected chi connectivity index (χ1v) is 6.13. The molecule has 0 saturated carbocycles. The Morgan fingerprint density at radius 3 is 1.29 bits per heavy atom. The van der Waals surface area contributed by atoms with E-state index in [1.807, 2.05) is 60.7 Å². The molecule has 0 aliphatic rings. The molecular weight excluding hydrogens is 268 g/mol. The third-order valence-electron chi connectivity index (χ3n) is 2.05. The van der Waals surface area contributed by atoms with Gasteiger partial charge in [0.15, 0.2) is 12.1 Å². The number of nitrogens with two attached hydrogens (primary N) is 2. The summed E-state index contributed by atoms with van der Waals surface area (Å²) in [6.45, 7) is 1.22. The Morgan fingerprint density at radius 2 is 1.14 bits per heavy atom. The lowest BCUT2D eigenvalue weighted by molar-refractivity contribution is -0.128. The lowest BCUT2D eigenvalue weighted by atomic mass is 10.3. The van der Waals surface area contributed by atoms with Gasteiger partial charge in [-0.2, -0.15) is 0 Å². The molecule has 0 aromatic heterocycles. The maximum atomic E-state index is 9.44. The molecule has 0 amide bonds. The SMILES string of the molecule is CC(=O)C=O.NNc1ccccc1.NNc1ccccc1. The van der Waals surface area contributed by atoms with Crippen LogP contribution in [0.5, 0.6) is 0 Å². The molecule has 2 aromatic carbocycles. The molecule has 112 valence electrons. The topological polar surface area (TPSA) is 110 Å². The Morgan fingerprint density at radius 1 is 0.857 bits per heavy atom. The third kappa shape index (κ3) is 10.9. The number of hydrazine groups is 2. The Bertz CT molecular complexity index is 464. The van der Waals surface area contributed by atoms with E-state index in [0.717, 1.165) is 11.4 Å². The van der Waals surface area contributed by atoms with Gasteiger partial charge in [-0.3, -0.25) is 21.3 Å². The molecule has 0 atom stereocenters. The first kappa shape index (κ1) is 18.3. The monoisotopic (exact) mass is 288 g/mol. The standard InChI is InChI=1S/2C6H8N2.C3H4O2/c2*7-8-6-4-2-1-3-5-6;1-3(5)2-4/h2*1-5,8H,7H2;2H,1H3. The van der Waals surface area contributed by atoms with Crippen LogP contribution in [0.3, 0.4) is 0 Å². The van der Waals surface area contributed by atoms with Gasteiger partial charge in [0.2, 0.25) is 0 Å². The maximum Gasteiger partial charge on any atom is 0.192 e. The number of anilines is 2. The zero-order valence-electron chi connectivity index (χ0n) is 11.8. The summed E-state index contributed by atoms with van der Waals surface area (Å²) in [7, 11) is 0. The minimum Gasteiger partial charge on any atom is -0.324 e. The van der Waals surface area contributed by atoms with Gasteiger partial charge in [0.25, 0.3) is 0 Å². The minimum atomic E-state index is -0.426. The highest BCUT2D eigenvalue weighted by Gasteiger charge is 1.79. The van der Waals surface area contributed by atoms with Crippen LogP contribution in [0.25, 0.3) is 0 Å². The van der Waals surface area contributed by atoms with Crippen LogP contribution < -0.4 is 22.5 Å². The Kier molecular flexibility index (Phi) is 10.8. The second kappa shape index (κ2) is 12.3. The van der Waals surface area contributed by atoms with Crippen LogP contribution >= 0.6 is 0 Å². The largest absolute Gasteiger partial charge is 0.324 e. The Labute approximate surface area is 124 Å². The molecule has 0 radical (unpaired) electrons. The number of nitrogen functional groups attached to an aromatic ring is 2. The summed E-state index contributed by atoms with van der Waals surface area (Å²) in [6, 6.07) is 19.2. The summed E-state index contributed by atoms with van der Waals surface area (Å²) < 4.78 is 0. The van der Waals surface area contributed by atoms with E-state index in [1.54, 1.807) is 0 Å². The van der Waals surface area contributed by atoms with Gasteiger partial charge in [-0.1, -0.05) is 36.4 Å². The van der Waals surface area contributed by atoms with Gasteiger partial charge < -0.3 is 10.9 Å². The number of carbonyl (C=O) groups excluding carboxylic acids is 2. The molecule has 0 heterocycles. The van der Waals surface area contributed by atoms with Crippen molar-refractivity contribution >= 4 is 23.4 Å². The first-order chi connectivity index (χ1) is 10.1. The van der Waals surface area contributed by atoms with Gasteiger partial charge in [-0.05, 0) is 24.3 Å². The molecule has 0 bridgehead atoms. The molecule has 6 nitrogen and oxygen atoms in total. The van der Waals surface area contributed by atoms with Crippen molar-refractivity contribution < 1.29 is 9.59 Å². The summed E-state index contributed by atoms with van der Waals surface area (Å²) in [5.41, 5.74) is 6.93. The summed E-state index contributed by atoms with van der Waals surface area (Å²) >= 11 is 0. The number of benzene rings is 2. The van der Waals surface area contributed by atoms with Crippen molar-refractivity contribution in [2.45, 2.75) is 6.92 Å². The van der Waals surface area contributed by atoms with E-state index in [1.165, 1.54) is 6.92 Å². The second-order valence-electron chi connectivity index (χ2n) is 3.75. The number of nitrogens with one attached hydrogen (secondary N) is 2. The summed E-state index contributed by atoms with van der Waals surface area (Å²) in [6.07, 6.45) is 0.278. The number of ketones is 1. The number of hydrogen-bond donors (Lipinski definition) is 4. The fraction of sp³-hybridized carbons (Fsp3) is 0.0667. The van der Waals surface area contributed by atoms with Crippen LogP contribution in [-0.4, -0.2) is 12.1 Å². The molecule has 2 rings (SSSR count). The molecule has 0 spiro atoms. The van der Waals surface area contributed by atoms with E-state index in [2.05, 4.69) is 10.9 Å². The summed E-state index contributed by atoms with van der Waals surface area (Å²) in [4.78, 5) is 18.6. The first-order valence-electron chi connectivity index (χ1n) is 6.13.